The van der Waals surface area contributed by atoms with E-state index in [1.54, 1.807) is 15.8 Å². The molecule has 76 valence electrons. The van der Waals surface area contributed by atoms with E-state index in [-0.39, 0.29) is 0 Å². The van der Waals surface area contributed by atoms with Crippen molar-refractivity contribution in [2.75, 3.05) is 0 Å². The Morgan fingerprint density at radius 3 is 2.33 bits per heavy atom. The van der Waals surface area contributed by atoms with E-state index in [0.717, 1.165) is 0 Å². The van der Waals surface area contributed by atoms with E-state index in [2.05, 4.69) is 38.0 Å². The summed E-state index contributed by atoms with van der Waals surface area (Å²) < 4.78 is 6.96. The third-order valence-electron chi connectivity index (χ3n) is 1.63. The Balaban J connectivity index is 1.91. The van der Waals surface area contributed by atoms with Gasteiger partial charge in [-0.3, -0.25) is 0 Å². The fraction of sp³-hybridized carbons (Fsp3) is 0. The number of hydrogen-bond acceptors (Lipinski definition) is 4. The third-order valence-corrected chi connectivity index (χ3v) is 12.5. The van der Waals surface area contributed by atoms with Crippen molar-refractivity contribution in [3.63, 3.8) is 0 Å². The van der Waals surface area contributed by atoms with Gasteiger partial charge in [0, 0.05) is 0 Å². The van der Waals surface area contributed by atoms with Gasteiger partial charge < -0.3 is 0 Å². The Morgan fingerprint density at radius 1 is 1.13 bits per heavy atom. The number of halogens is 1. The molecule has 0 fully saturated rings. The van der Waals surface area contributed by atoms with Crippen LogP contribution >= 0.6 is 46.1 Å². The molecule has 1 aromatic heterocycles. The molecule has 0 aromatic carbocycles. The van der Waals surface area contributed by atoms with Crippen LogP contribution < -0.4 is 9.18 Å². The van der Waals surface area contributed by atoms with Crippen molar-refractivity contribution in [3.8, 4) is 0 Å². The molecule has 0 radical (unpaired) electrons. The van der Waals surface area contributed by atoms with Crippen molar-refractivity contribution < 1.29 is 0 Å². The van der Waals surface area contributed by atoms with E-state index in [0.29, 0.717) is 29.9 Å². The molecule has 2 nitrogen and oxygen atoms in total. The van der Waals surface area contributed by atoms with Gasteiger partial charge in [0.25, 0.3) is 0 Å². The zero-order valence-electron chi connectivity index (χ0n) is 7.14. The molecular weight excluding hydrogens is 473 g/mol. The number of hydrogen-bond donors (Lipinski definition) is 0. The zero-order valence-corrected chi connectivity index (χ0v) is 14.4. The van der Waals surface area contributed by atoms with E-state index >= 15 is 0 Å². The van der Waals surface area contributed by atoms with E-state index in [1.807, 2.05) is 23.5 Å². The van der Waals surface area contributed by atoms with Crippen molar-refractivity contribution in [3.05, 3.63) is 28.3 Å². The van der Waals surface area contributed by atoms with Gasteiger partial charge in [0.1, 0.15) is 0 Å². The van der Waals surface area contributed by atoms with Gasteiger partial charge in [0.2, 0.25) is 0 Å². The third kappa shape index (κ3) is 2.34. The molecule has 0 atom stereocenters. The van der Waals surface area contributed by atoms with Gasteiger partial charge in [-0.15, -0.1) is 0 Å². The average Bonchev–Trinajstić information content (AvgIpc) is 2.82. The second-order valence-corrected chi connectivity index (χ2v) is 12.2. The standard InChI is InChI=1S/C8H3IN2S2Se2/c9-4-3-12-7(13-4)8-14-5-6(15-8)11-2-1-10-5/h1-3H. The van der Waals surface area contributed by atoms with Gasteiger partial charge in [-0.2, -0.15) is 0 Å². The van der Waals surface area contributed by atoms with Gasteiger partial charge in [0.05, 0.1) is 0 Å². The summed E-state index contributed by atoms with van der Waals surface area (Å²) in [6, 6.07) is 0. The molecule has 0 saturated carbocycles. The van der Waals surface area contributed by atoms with Crippen molar-refractivity contribution in [1.82, 2.24) is 9.97 Å². The molecule has 1 aromatic rings. The first-order valence-corrected chi connectivity index (χ1v) is 10.1. The van der Waals surface area contributed by atoms with Gasteiger partial charge in [0.15, 0.2) is 0 Å². The molecule has 0 bridgehead atoms. The monoisotopic (exact) mass is 478 g/mol. The predicted molar refractivity (Wildman–Crippen MR) is 77.1 cm³/mol. The van der Waals surface area contributed by atoms with Gasteiger partial charge in [-0.25, -0.2) is 0 Å². The van der Waals surface area contributed by atoms with E-state index in [1.165, 1.54) is 16.3 Å². The number of fused-ring (bicyclic) bond motifs is 1. The van der Waals surface area contributed by atoms with Crippen LogP contribution in [0.4, 0.5) is 0 Å². The molecule has 0 unspecified atom stereocenters. The maximum absolute atomic E-state index is 4.41. The summed E-state index contributed by atoms with van der Waals surface area (Å²) >= 11 is 7.00. The molecule has 0 saturated heterocycles. The Labute approximate surface area is 122 Å². The normalized spacial score (nSPS) is 19.4. The molecule has 0 amide bonds. The minimum atomic E-state index is 0.425. The number of thioether (sulfide) groups is 2. The molecule has 15 heavy (non-hydrogen) atoms. The van der Waals surface area contributed by atoms with E-state index in [4.69, 9.17) is 0 Å². The Bertz CT molecular complexity index is 462. The quantitative estimate of drug-likeness (QED) is 0.413. The number of nitrogens with zero attached hydrogens (tertiary/aromatic N) is 2. The van der Waals surface area contributed by atoms with Gasteiger partial charge in [-0.05, 0) is 0 Å². The molecule has 3 rings (SSSR count). The van der Waals surface area contributed by atoms with Crippen LogP contribution in [0.3, 0.4) is 0 Å². The summed E-state index contributed by atoms with van der Waals surface area (Å²) in [5.74, 6) is 0. The van der Waals surface area contributed by atoms with Crippen LogP contribution in [0.1, 0.15) is 0 Å². The van der Waals surface area contributed by atoms with Crippen LogP contribution in [-0.2, 0) is 0 Å². The van der Waals surface area contributed by atoms with Crippen molar-refractivity contribution in [2.24, 2.45) is 0 Å². The molecule has 0 N–H and O–H groups in total. The molecule has 7 heteroatoms. The fourth-order valence-corrected chi connectivity index (χ4v) is 11.4. The van der Waals surface area contributed by atoms with E-state index < -0.39 is 0 Å². The summed E-state index contributed by atoms with van der Waals surface area (Å²) in [5, 5.41) is 2.23. The zero-order chi connectivity index (χ0) is 10.3. The van der Waals surface area contributed by atoms with Crippen LogP contribution in [0.15, 0.2) is 28.3 Å². The fourth-order valence-electron chi connectivity index (χ4n) is 1.06. The first kappa shape index (κ1) is 11.1. The van der Waals surface area contributed by atoms with Crippen molar-refractivity contribution in [2.45, 2.75) is 0 Å². The second-order valence-electron chi connectivity index (χ2n) is 2.59. The second kappa shape index (κ2) is 4.72. The SMILES string of the molecule is IC1=CSC(=C2[Se]c3nccnc3[Se]2)S1. The molecule has 2 aliphatic rings. The first-order chi connectivity index (χ1) is 7.33. The summed E-state index contributed by atoms with van der Waals surface area (Å²) in [6.45, 7) is 0. The number of rotatable bonds is 0. The van der Waals surface area contributed by atoms with Gasteiger partial charge in [-0.1, -0.05) is 0 Å². The van der Waals surface area contributed by atoms with Crippen molar-refractivity contribution in [1.29, 1.82) is 0 Å². The Hall–Kier alpha value is 1.03. The first-order valence-electron chi connectivity index (χ1n) is 3.94. The van der Waals surface area contributed by atoms with Crippen LogP contribution in [-0.4, -0.2) is 39.9 Å². The molecular formula is C8H3IN2S2Se2. The van der Waals surface area contributed by atoms with Gasteiger partial charge >= 0.3 is 124 Å². The van der Waals surface area contributed by atoms with E-state index in [9.17, 15) is 0 Å². The average molecular weight is 476 g/mol. The summed E-state index contributed by atoms with van der Waals surface area (Å²) in [4.78, 5) is 8.82. The summed E-state index contributed by atoms with van der Waals surface area (Å²) in [5.41, 5.74) is 0. The summed E-state index contributed by atoms with van der Waals surface area (Å²) in [7, 11) is 0. The molecule has 0 spiro atoms. The topological polar surface area (TPSA) is 25.8 Å². The van der Waals surface area contributed by atoms with Crippen LogP contribution in [0.2, 0.25) is 0 Å². The molecule has 2 aliphatic heterocycles. The molecule has 3 heterocycles. The Kier molecular flexibility index (Phi) is 3.51. The van der Waals surface area contributed by atoms with Crippen molar-refractivity contribution >= 4 is 85.2 Å². The molecule has 0 aliphatic carbocycles. The van der Waals surface area contributed by atoms with Crippen LogP contribution in [0, 0.1) is 0 Å². The predicted octanol–water partition coefficient (Wildman–Crippen LogP) is 0.990. The Morgan fingerprint density at radius 2 is 1.80 bits per heavy atom. The minimum absolute atomic E-state index is 0.425. The summed E-state index contributed by atoms with van der Waals surface area (Å²) in [6.07, 6.45) is 3.61. The maximum atomic E-state index is 4.41. The van der Waals surface area contributed by atoms with Crippen LogP contribution in [0.5, 0.6) is 0 Å². The number of aromatic nitrogens is 2. The van der Waals surface area contributed by atoms with Crippen LogP contribution in [0.25, 0.3) is 0 Å².